The van der Waals surface area contributed by atoms with Crippen molar-refractivity contribution in [2.75, 3.05) is 13.7 Å². The number of ether oxygens (including phenoxy) is 2. The van der Waals surface area contributed by atoms with Crippen LogP contribution in [0.3, 0.4) is 0 Å². The van der Waals surface area contributed by atoms with Crippen LogP contribution in [0.15, 0.2) is 48.8 Å². The van der Waals surface area contributed by atoms with E-state index in [2.05, 4.69) is 35.2 Å². The van der Waals surface area contributed by atoms with Crippen LogP contribution >= 0.6 is 0 Å². The smallest absolute Gasteiger partial charge is 0.223 e. The van der Waals surface area contributed by atoms with E-state index in [9.17, 15) is 4.79 Å². The molecule has 5 rings (SSSR count). The van der Waals surface area contributed by atoms with Crippen LogP contribution in [0.1, 0.15) is 37.6 Å². The molecule has 0 unspecified atom stereocenters. The zero-order valence-corrected chi connectivity index (χ0v) is 20.8. The maximum Gasteiger partial charge on any atom is 0.223 e. The first kappa shape index (κ1) is 23.0. The molecule has 1 N–H and O–H groups in total. The Hall–Kier alpha value is -3.81. The number of aromatic nitrogens is 4. The van der Waals surface area contributed by atoms with Crippen molar-refractivity contribution in [3.05, 3.63) is 60.0 Å². The van der Waals surface area contributed by atoms with Crippen molar-refractivity contribution < 1.29 is 14.3 Å². The number of hydrogen-bond donors (Lipinski definition) is 1. The Morgan fingerprint density at radius 1 is 1.14 bits per heavy atom. The van der Waals surface area contributed by atoms with Gasteiger partial charge in [-0.1, -0.05) is 12.1 Å². The van der Waals surface area contributed by atoms with Gasteiger partial charge in [-0.15, -0.1) is 0 Å². The van der Waals surface area contributed by atoms with Gasteiger partial charge in [-0.05, 0) is 56.2 Å². The van der Waals surface area contributed by atoms with Crippen molar-refractivity contribution in [3.8, 4) is 22.6 Å². The number of benzene rings is 2. The average Bonchev–Trinajstić information content (AvgIpc) is 3.59. The Balaban J connectivity index is 1.38. The summed E-state index contributed by atoms with van der Waals surface area (Å²) in [5.41, 5.74) is 4.97. The highest BCUT2D eigenvalue weighted by Crippen LogP contribution is 2.37. The maximum absolute atomic E-state index is 13.0. The number of carbonyl (C=O) groups is 1. The zero-order chi connectivity index (χ0) is 24.7. The molecule has 35 heavy (non-hydrogen) atoms. The SMILES string of the molecule is COc1ccc([C@H](C)N2C[C@H]([C@@H](C)Oc3cc(-c4cn[nH]c4)cc4nn(C)c(C)c34)CC2=O)cc1. The van der Waals surface area contributed by atoms with E-state index >= 15 is 0 Å². The standard InChI is InChI=1S/C27H31N5O3/c1-16(19-6-8-23(34-5)9-7-19)32-15-21(12-26(32)33)18(3)35-25-11-20(22-13-28-29-14-22)10-24-27(25)17(2)31(4)30-24/h6-11,13-14,16,18,21H,12,15H2,1-5H3,(H,28,29)/t16-,18+,21+/m0/s1. The van der Waals surface area contributed by atoms with E-state index in [1.807, 2.05) is 60.1 Å². The van der Waals surface area contributed by atoms with Gasteiger partial charge in [0.15, 0.2) is 0 Å². The fourth-order valence-corrected chi connectivity index (χ4v) is 4.92. The minimum absolute atomic E-state index is 0.0118. The summed E-state index contributed by atoms with van der Waals surface area (Å²) < 4.78 is 13.7. The summed E-state index contributed by atoms with van der Waals surface area (Å²) >= 11 is 0. The summed E-state index contributed by atoms with van der Waals surface area (Å²) in [6.45, 7) is 6.83. The Morgan fingerprint density at radius 3 is 2.60 bits per heavy atom. The number of carbonyl (C=O) groups excluding carboxylic acids is 1. The van der Waals surface area contributed by atoms with Crippen molar-refractivity contribution in [1.82, 2.24) is 24.9 Å². The highest BCUT2D eigenvalue weighted by molar-refractivity contribution is 5.92. The van der Waals surface area contributed by atoms with Crippen LogP contribution in [-0.4, -0.2) is 50.5 Å². The number of nitrogens with zero attached hydrogens (tertiary/aromatic N) is 4. The molecule has 1 fully saturated rings. The van der Waals surface area contributed by atoms with Gasteiger partial charge in [-0.25, -0.2) is 0 Å². The number of likely N-dealkylation sites (tertiary alicyclic amines) is 1. The fourth-order valence-electron chi connectivity index (χ4n) is 4.92. The quantitative estimate of drug-likeness (QED) is 0.422. The van der Waals surface area contributed by atoms with Gasteiger partial charge in [0.1, 0.15) is 17.6 Å². The molecule has 1 aliphatic rings. The first-order valence-electron chi connectivity index (χ1n) is 11.9. The number of rotatable bonds is 7. The van der Waals surface area contributed by atoms with E-state index in [-0.39, 0.29) is 24.0 Å². The predicted octanol–water partition coefficient (Wildman–Crippen LogP) is 4.66. The van der Waals surface area contributed by atoms with Crippen molar-refractivity contribution in [3.63, 3.8) is 0 Å². The van der Waals surface area contributed by atoms with Crippen LogP contribution in [0, 0.1) is 12.8 Å². The molecule has 0 radical (unpaired) electrons. The lowest BCUT2D eigenvalue weighted by atomic mass is 10.0. The number of nitrogens with one attached hydrogen (secondary N) is 1. The molecule has 0 saturated carbocycles. The molecule has 2 aromatic carbocycles. The highest BCUT2D eigenvalue weighted by Gasteiger charge is 2.37. The van der Waals surface area contributed by atoms with Crippen molar-refractivity contribution in [2.45, 2.75) is 39.3 Å². The first-order chi connectivity index (χ1) is 16.9. The summed E-state index contributed by atoms with van der Waals surface area (Å²) in [4.78, 5) is 14.9. The lowest BCUT2D eigenvalue weighted by Crippen LogP contribution is -2.31. The second-order valence-corrected chi connectivity index (χ2v) is 9.35. The summed E-state index contributed by atoms with van der Waals surface area (Å²) in [6, 6.07) is 12.0. The minimum atomic E-state index is -0.144. The van der Waals surface area contributed by atoms with Crippen LogP contribution in [-0.2, 0) is 11.8 Å². The molecule has 1 saturated heterocycles. The normalized spacial score (nSPS) is 17.7. The molecule has 182 valence electrons. The molecule has 2 aromatic heterocycles. The van der Waals surface area contributed by atoms with E-state index in [0.29, 0.717) is 13.0 Å². The molecule has 3 heterocycles. The Kier molecular flexibility index (Phi) is 5.96. The highest BCUT2D eigenvalue weighted by atomic mass is 16.5. The van der Waals surface area contributed by atoms with E-state index < -0.39 is 0 Å². The number of amides is 1. The lowest BCUT2D eigenvalue weighted by molar-refractivity contribution is -0.129. The number of hydrogen-bond acceptors (Lipinski definition) is 5. The second kappa shape index (κ2) is 9.09. The number of H-pyrrole nitrogens is 1. The number of aromatic amines is 1. The van der Waals surface area contributed by atoms with Crippen LogP contribution in [0.4, 0.5) is 0 Å². The Morgan fingerprint density at radius 2 is 1.91 bits per heavy atom. The van der Waals surface area contributed by atoms with Gasteiger partial charge in [0, 0.05) is 43.4 Å². The molecule has 4 aromatic rings. The van der Waals surface area contributed by atoms with Gasteiger partial charge in [-0.2, -0.15) is 10.2 Å². The molecule has 1 aliphatic heterocycles. The predicted molar refractivity (Wildman–Crippen MR) is 134 cm³/mol. The van der Waals surface area contributed by atoms with Crippen LogP contribution in [0.2, 0.25) is 0 Å². The van der Waals surface area contributed by atoms with Crippen LogP contribution < -0.4 is 9.47 Å². The lowest BCUT2D eigenvalue weighted by Gasteiger charge is -2.27. The number of methoxy groups -OCH3 is 1. The molecule has 3 atom stereocenters. The topological polar surface area (TPSA) is 85.3 Å². The van der Waals surface area contributed by atoms with Crippen molar-refractivity contribution >= 4 is 16.8 Å². The van der Waals surface area contributed by atoms with Gasteiger partial charge >= 0.3 is 0 Å². The Labute approximate surface area is 204 Å². The zero-order valence-electron chi connectivity index (χ0n) is 20.8. The monoisotopic (exact) mass is 473 g/mol. The third kappa shape index (κ3) is 4.24. The molecular formula is C27H31N5O3. The number of aryl methyl sites for hydroxylation is 2. The van der Waals surface area contributed by atoms with Gasteiger partial charge in [0.05, 0.1) is 30.3 Å². The van der Waals surface area contributed by atoms with Gasteiger partial charge in [0.2, 0.25) is 5.91 Å². The Bertz CT molecular complexity index is 1340. The third-order valence-electron chi connectivity index (χ3n) is 7.25. The van der Waals surface area contributed by atoms with E-state index in [1.54, 1.807) is 13.3 Å². The first-order valence-corrected chi connectivity index (χ1v) is 11.9. The summed E-state index contributed by atoms with van der Waals surface area (Å²) in [5, 5.41) is 12.6. The van der Waals surface area contributed by atoms with Crippen molar-refractivity contribution in [1.29, 1.82) is 0 Å². The van der Waals surface area contributed by atoms with Gasteiger partial charge in [-0.3, -0.25) is 14.6 Å². The van der Waals surface area contributed by atoms with Gasteiger partial charge in [0.25, 0.3) is 0 Å². The van der Waals surface area contributed by atoms with E-state index in [1.165, 1.54) is 0 Å². The second-order valence-electron chi connectivity index (χ2n) is 9.35. The number of fused-ring (bicyclic) bond motifs is 1. The van der Waals surface area contributed by atoms with Crippen molar-refractivity contribution in [2.24, 2.45) is 13.0 Å². The summed E-state index contributed by atoms with van der Waals surface area (Å²) in [6.07, 6.45) is 3.98. The molecule has 0 bridgehead atoms. The summed E-state index contributed by atoms with van der Waals surface area (Å²) in [7, 11) is 3.59. The fraction of sp³-hybridized carbons (Fsp3) is 0.370. The minimum Gasteiger partial charge on any atom is -0.497 e. The molecule has 0 aliphatic carbocycles. The average molecular weight is 474 g/mol. The van der Waals surface area contributed by atoms with Gasteiger partial charge < -0.3 is 14.4 Å². The van der Waals surface area contributed by atoms with Crippen LogP contribution in [0.25, 0.3) is 22.0 Å². The molecule has 8 heteroatoms. The molecule has 1 amide bonds. The van der Waals surface area contributed by atoms with E-state index in [0.717, 1.165) is 44.8 Å². The molecule has 0 spiro atoms. The summed E-state index contributed by atoms with van der Waals surface area (Å²) in [5.74, 6) is 1.84. The largest absolute Gasteiger partial charge is 0.497 e. The maximum atomic E-state index is 13.0. The van der Waals surface area contributed by atoms with Crippen LogP contribution in [0.5, 0.6) is 11.5 Å². The molecular weight excluding hydrogens is 442 g/mol. The van der Waals surface area contributed by atoms with E-state index in [4.69, 9.17) is 9.47 Å². The third-order valence-corrected chi connectivity index (χ3v) is 7.25. The molecule has 8 nitrogen and oxygen atoms in total.